The van der Waals surface area contributed by atoms with Crippen LogP contribution in [0.2, 0.25) is 5.02 Å². The van der Waals surface area contributed by atoms with Crippen LogP contribution in [-0.4, -0.2) is 37.5 Å². The van der Waals surface area contributed by atoms with Gasteiger partial charge in [-0.1, -0.05) is 42.8 Å². The zero-order valence-corrected chi connectivity index (χ0v) is 15.8. The van der Waals surface area contributed by atoms with Gasteiger partial charge < -0.3 is 4.90 Å². The van der Waals surface area contributed by atoms with E-state index in [-0.39, 0.29) is 18.0 Å². The molecule has 7 heteroatoms. The Morgan fingerprint density at radius 1 is 1.36 bits per heavy atom. The summed E-state index contributed by atoms with van der Waals surface area (Å²) in [7, 11) is 0. The average molecular weight is 362 g/mol. The molecule has 0 bridgehead atoms. The second-order valence-corrected chi connectivity index (χ2v) is 7.99. The molecule has 25 heavy (non-hydrogen) atoms. The number of aromatic amines is 1. The van der Waals surface area contributed by atoms with Crippen LogP contribution in [-0.2, 0) is 11.2 Å². The first-order valence-electron chi connectivity index (χ1n) is 8.62. The van der Waals surface area contributed by atoms with Gasteiger partial charge >= 0.3 is 0 Å². The summed E-state index contributed by atoms with van der Waals surface area (Å²) >= 11 is 6.04. The van der Waals surface area contributed by atoms with Crippen LogP contribution in [0.3, 0.4) is 0 Å². The zero-order chi connectivity index (χ0) is 18.2. The number of aromatic nitrogens is 4. The number of nitrogens with zero attached hydrogens (tertiary/aromatic N) is 4. The lowest BCUT2D eigenvalue weighted by molar-refractivity contribution is -0.155. The molecule has 2 heterocycles. The quantitative estimate of drug-likeness (QED) is 0.905. The van der Waals surface area contributed by atoms with Crippen molar-refractivity contribution in [1.82, 2.24) is 25.5 Å². The lowest BCUT2D eigenvalue weighted by Crippen LogP contribution is -2.55. The van der Waals surface area contributed by atoms with Gasteiger partial charge in [0.25, 0.3) is 0 Å². The minimum absolute atomic E-state index is 0.0445. The summed E-state index contributed by atoms with van der Waals surface area (Å²) in [5.41, 5.74) is 0.594. The Balaban J connectivity index is 1.95. The zero-order valence-electron chi connectivity index (χ0n) is 15.0. The molecular weight excluding hydrogens is 338 g/mol. The fourth-order valence-electron chi connectivity index (χ4n) is 4.08. The fraction of sp³-hybridized carbons (Fsp3) is 0.556. The van der Waals surface area contributed by atoms with Crippen LogP contribution in [0.25, 0.3) is 0 Å². The topological polar surface area (TPSA) is 74.8 Å². The molecule has 0 aliphatic carbocycles. The highest BCUT2D eigenvalue weighted by Gasteiger charge is 2.49. The number of amides is 1. The first kappa shape index (κ1) is 17.9. The number of tetrazole rings is 1. The van der Waals surface area contributed by atoms with Gasteiger partial charge in [-0.05, 0) is 43.9 Å². The first-order valence-corrected chi connectivity index (χ1v) is 9.00. The van der Waals surface area contributed by atoms with Crippen LogP contribution in [0, 0.1) is 11.3 Å². The maximum Gasteiger partial charge on any atom is 0.229 e. The molecule has 1 aliphatic heterocycles. The van der Waals surface area contributed by atoms with Crippen molar-refractivity contribution in [2.24, 2.45) is 11.3 Å². The maximum atomic E-state index is 13.4. The normalized spacial score (nSPS) is 27.1. The van der Waals surface area contributed by atoms with Crippen molar-refractivity contribution >= 4 is 17.5 Å². The predicted molar refractivity (Wildman–Crippen MR) is 95.9 cm³/mol. The van der Waals surface area contributed by atoms with E-state index < -0.39 is 5.41 Å². The molecule has 1 aromatic carbocycles. The van der Waals surface area contributed by atoms with E-state index in [1.807, 2.05) is 36.1 Å². The maximum absolute atomic E-state index is 13.4. The number of piperidine rings is 1. The Labute approximate surface area is 152 Å². The summed E-state index contributed by atoms with van der Waals surface area (Å²) in [6.07, 6.45) is 1.26. The fourth-order valence-corrected chi connectivity index (χ4v) is 4.21. The molecule has 134 valence electrons. The van der Waals surface area contributed by atoms with Crippen LogP contribution >= 0.6 is 11.6 Å². The van der Waals surface area contributed by atoms with Gasteiger partial charge in [0.15, 0.2) is 5.82 Å². The predicted octanol–water partition coefficient (Wildman–Crippen LogP) is 3.42. The summed E-state index contributed by atoms with van der Waals surface area (Å²) in [6, 6.07) is 7.96. The third kappa shape index (κ3) is 3.40. The van der Waals surface area contributed by atoms with Gasteiger partial charge in [-0.2, -0.15) is 5.21 Å². The SMILES string of the molecule is CC(C)N1C(=O)[C@@](C)(Cc2nn[nH]n2)C[C@H](C)[C@H]1c1ccc(Cl)cc1. The van der Waals surface area contributed by atoms with E-state index in [2.05, 4.69) is 41.4 Å². The molecule has 0 radical (unpaired) electrons. The number of nitrogens with one attached hydrogen (secondary N) is 1. The van der Waals surface area contributed by atoms with Crippen molar-refractivity contribution in [3.05, 3.63) is 40.7 Å². The molecule has 1 aliphatic rings. The number of H-pyrrole nitrogens is 1. The lowest BCUT2D eigenvalue weighted by Gasteiger charge is -2.49. The third-order valence-electron chi connectivity index (χ3n) is 5.07. The summed E-state index contributed by atoms with van der Waals surface area (Å²) < 4.78 is 0. The Morgan fingerprint density at radius 3 is 2.60 bits per heavy atom. The molecule has 2 aromatic rings. The second kappa shape index (κ2) is 6.75. The Hall–Kier alpha value is -1.95. The molecule has 1 saturated heterocycles. The average Bonchev–Trinajstić information content (AvgIpc) is 3.04. The summed E-state index contributed by atoms with van der Waals surface area (Å²) in [4.78, 5) is 15.4. The molecule has 1 fully saturated rings. The molecule has 0 spiro atoms. The minimum atomic E-state index is -0.531. The smallest absolute Gasteiger partial charge is 0.229 e. The van der Waals surface area contributed by atoms with Gasteiger partial charge in [-0.25, -0.2) is 0 Å². The second-order valence-electron chi connectivity index (χ2n) is 7.55. The molecular formula is C18H24ClN5O. The van der Waals surface area contributed by atoms with E-state index in [0.717, 1.165) is 12.0 Å². The van der Waals surface area contributed by atoms with E-state index in [9.17, 15) is 4.79 Å². The number of hydrogen-bond donors (Lipinski definition) is 1. The molecule has 1 amide bonds. The highest BCUT2D eigenvalue weighted by molar-refractivity contribution is 6.30. The number of carbonyl (C=O) groups excluding carboxylic acids is 1. The summed E-state index contributed by atoms with van der Waals surface area (Å²) in [5, 5.41) is 14.9. The highest BCUT2D eigenvalue weighted by atomic mass is 35.5. The lowest BCUT2D eigenvalue weighted by atomic mass is 9.69. The monoisotopic (exact) mass is 361 g/mol. The van der Waals surface area contributed by atoms with E-state index in [1.54, 1.807) is 0 Å². The molecule has 0 saturated carbocycles. The van der Waals surface area contributed by atoms with Gasteiger partial charge in [0.2, 0.25) is 5.91 Å². The van der Waals surface area contributed by atoms with E-state index >= 15 is 0 Å². The van der Waals surface area contributed by atoms with Gasteiger partial charge in [0.05, 0.1) is 11.5 Å². The molecule has 1 N–H and O–H groups in total. The van der Waals surface area contributed by atoms with Crippen molar-refractivity contribution in [1.29, 1.82) is 0 Å². The van der Waals surface area contributed by atoms with Crippen molar-refractivity contribution < 1.29 is 4.79 Å². The molecule has 6 nitrogen and oxygen atoms in total. The van der Waals surface area contributed by atoms with Crippen LogP contribution < -0.4 is 0 Å². The van der Waals surface area contributed by atoms with Crippen LogP contribution in [0.1, 0.15) is 51.5 Å². The van der Waals surface area contributed by atoms with Gasteiger partial charge in [-0.3, -0.25) is 4.79 Å². The van der Waals surface area contributed by atoms with Crippen LogP contribution in [0.15, 0.2) is 24.3 Å². The Bertz CT molecular complexity index is 730. The first-order chi connectivity index (χ1) is 11.8. The minimum Gasteiger partial charge on any atom is -0.332 e. The molecule has 3 rings (SSSR count). The van der Waals surface area contributed by atoms with Gasteiger partial charge in [0, 0.05) is 17.5 Å². The number of likely N-dealkylation sites (tertiary alicyclic amines) is 1. The van der Waals surface area contributed by atoms with Crippen molar-refractivity contribution in [2.45, 2.75) is 52.6 Å². The van der Waals surface area contributed by atoms with Crippen LogP contribution in [0.4, 0.5) is 0 Å². The number of carbonyl (C=O) groups is 1. The molecule has 3 atom stereocenters. The van der Waals surface area contributed by atoms with Crippen molar-refractivity contribution in [3.63, 3.8) is 0 Å². The van der Waals surface area contributed by atoms with Gasteiger partial charge in [0.1, 0.15) is 0 Å². The standard InChI is InChI=1S/C18H24ClN5O/c1-11(2)24-16(13-5-7-14(19)8-6-13)12(3)9-18(4,17(24)25)10-15-20-22-23-21-15/h5-8,11-12,16H,9-10H2,1-4H3,(H,20,21,22,23)/t12-,16-,18+/m0/s1. The summed E-state index contributed by atoms with van der Waals surface area (Å²) in [5.74, 6) is 1.03. The number of rotatable bonds is 4. The van der Waals surface area contributed by atoms with E-state index in [4.69, 9.17) is 11.6 Å². The van der Waals surface area contributed by atoms with E-state index in [0.29, 0.717) is 23.2 Å². The van der Waals surface area contributed by atoms with Crippen molar-refractivity contribution in [3.8, 4) is 0 Å². The summed E-state index contributed by atoms with van der Waals surface area (Å²) in [6.45, 7) is 8.34. The van der Waals surface area contributed by atoms with E-state index in [1.165, 1.54) is 0 Å². The molecule has 1 aromatic heterocycles. The number of halogens is 1. The Kier molecular flexibility index (Phi) is 4.82. The number of benzene rings is 1. The molecule has 0 unspecified atom stereocenters. The number of hydrogen-bond acceptors (Lipinski definition) is 4. The van der Waals surface area contributed by atoms with Gasteiger partial charge in [-0.15, -0.1) is 10.2 Å². The third-order valence-corrected chi connectivity index (χ3v) is 5.32. The largest absolute Gasteiger partial charge is 0.332 e. The van der Waals surface area contributed by atoms with Crippen molar-refractivity contribution in [2.75, 3.05) is 0 Å². The Morgan fingerprint density at radius 2 is 2.04 bits per heavy atom. The highest BCUT2D eigenvalue weighted by Crippen LogP contribution is 2.46. The van der Waals surface area contributed by atoms with Crippen LogP contribution in [0.5, 0.6) is 0 Å².